The zero-order valence-electron chi connectivity index (χ0n) is 10.5. The highest BCUT2D eigenvalue weighted by molar-refractivity contribution is 5.93. The number of piperazine rings is 1. The Bertz CT molecular complexity index is 335. The monoisotopic (exact) mass is 240 g/mol. The number of carbonyl (C=O) groups excluding carboxylic acids is 2. The molecule has 17 heavy (non-hydrogen) atoms. The van der Waals surface area contributed by atoms with Gasteiger partial charge in [0, 0.05) is 20.2 Å². The highest BCUT2D eigenvalue weighted by Crippen LogP contribution is 2.49. The van der Waals surface area contributed by atoms with E-state index in [0.717, 1.165) is 52.2 Å². The van der Waals surface area contributed by atoms with Crippen LogP contribution in [0.25, 0.3) is 0 Å². The van der Waals surface area contributed by atoms with Gasteiger partial charge in [-0.25, -0.2) is 0 Å². The molecule has 0 unspecified atom stereocenters. The van der Waals surface area contributed by atoms with E-state index < -0.39 is 5.54 Å². The molecule has 2 aliphatic carbocycles. The summed E-state index contributed by atoms with van der Waals surface area (Å²) < 4.78 is 0. The lowest BCUT2D eigenvalue weighted by Crippen LogP contribution is -2.61. The molecule has 0 bridgehead atoms. The summed E-state index contributed by atoms with van der Waals surface area (Å²) in [6.07, 6.45) is 4.64. The number of aliphatic hydroxyl groups is 1. The fourth-order valence-corrected chi connectivity index (χ4v) is 2.70. The van der Waals surface area contributed by atoms with Crippen LogP contribution < -0.4 is 0 Å². The van der Waals surface area contributed by atoms with Gasteiger partial charge in [0.2, 0.25) is 5.91 Å². The fraction of sp³-hybridized carbons (Fsp3) is 0.833. The van der Waals surface area contributed by atoms with Crippen molar-refractivity contribution in [3.05, 3.63) is 0 Å². The number of likely N-dealkylation sites (N-methyl/N-ethyl adjacent to an activating group) is 1. The predicted octanol–water partition coefficient (Wildman–Crippen LogP) is -0.367. The third-order valence-electron chi connectivity index (χ3n) is 4.28. The zero-order valence-corrected chi connectivity index (χ0v) is 10.5. The van der Waals surface area contributed by atoms with Crippen molar-refractivity contribution in [2.24, 2.45) is 0 Å². The number of hydrogen-bond donors (Lipinski definition) is 1. The first-order valence-electron chi connectivity index (χ1n) is 6.09. The molecule has 1 heterocycles. The first-order valence-corrected chi connectivity index (χ1v) is 6.09. The van der Waals surface area contributed by atoms with Gasteiger partial charge in [-0.15, -0.1) is 0 Å². The first kappa shape index (κ1) is 12.5. The highest BCUT2D eigenvalue weighted by Gasteiger charge is 2.62. The second-order valence-electron chi connectivity index (χ2n) is 5.13. The van der Waals surface area contributed by atoms with Gasteiger partial charge in [0.25, 0.3) is 0 Å². The zero-order chi connectivity index (χ0) is 12.7. The predicted molar refractivity (Wildman–Crippen MR) is 62.5 cm³/mol. The highest BCUT2D eigenvalue weighted by atomic mass is 16.2. The van der Waals surface area contributed by atoms with Crippen LogP contribution in [0.5, 0.6) is 0 Å². The third-order valence-corrected chi connectivity index (χ3v) is 4.28. The van der Waals surface area contributed by atoms with E-state index in [1.165, 1.54) is 0 Å². The second-order valence-corrected chi connectivity index (χ2v) is 5.13. The molecule has 1 aliphatic heterocycles. The molecule has 2 saturated carbocycles. The number of nitrogens with zero attached hydrogens (tertiary/aromatic N) is 2. The molecule has 1 amide bonds. The Labute approximate surface area is 101 Å². The molecule has 0 aromatic carbocycles. The molecule has 3 aliphatic rings. The van der Waals surface area contributed by atoms with Crippen molar-refractivity contribution < 1.29 is 14.7 Å². The van der Waals surface area contributed by atoms with E-state index in [-0.39, 0.29) is 11.4 Å². The Kier molecular flexibility index (Phi) is 2.99. The summed E-state index contributed by atoms with van der Waals surface area (Å²) in [6.45, 7) is 1.62. The maximum Gasteiger partial charge on any atom is 0.243 e. The van der Waals surface area contributed by atoms with Crippen molar-refractivity contribution in [3.63, 3.8) is 0 Å². The van der Waals surface area contributed by atoms with E-state index in [9.17, 15) is 9.59 Å². The summed E-state index contributed by atoms with van der Waals surface area (Å²) in [5.74, 6) is 0.195. The lowest BCUT2D eigenvalue weighted by molar-refractivity contribution is -0.148. The van der Waals surface area contributed by atoms with Gasteiger partial charge in [-0.2, -0.15) is 0 Å². The number of aliphatic hydroxyl groups excluding tert-OH is 1. The summed E-state index contributed by atoms with van der Waals surface area (Å²) in [5, 5.41) is 7.00. The summed E-state index contributed by atoms with van der Waals surface area (Å²) in [6, 6.07) is 0. The van der Waals surface area contributed by atoms with Gasteiger partial charge in [0.15, 0.2) is 0 Å². The average Bonchev–Trinajstić information content (AvgIpc) is 3.25. The van der Waals surface area contributed by atoms with Crippen LogP contribution in [0.4, 0.5) is 0 Å². The Morgan fingerprint density at radius 2 is 1.76 bits per heavy atom. The average molecular weight is 240 g/mol. The van der Waals surface area contributed by atoms with Crippen molar-refractivity contribution in [2.75, 3.05) is 27.2 Å². The minimum Gasteiger partial charge on any atom is -0.400 e. The Morgan fingerprint density at radius 3 is 2.18 bits per heavy atom. The molecular weight excluding hydrogens is 220 g/mol. The van der Waals surface area contributed by atoms with Crippen LogP contribution in [0.2, 0.25) is 0 Å². The summed E-state index contributed by atoms with van der Waals surface area (Å²) in [4.78, 5) is 27.3. The molecule has 1 saturated heterocycles. The van der Waals surface area contributed by atoms with E-state index in [0.29, 0.717) is 0 Å². The summed E-state index contributed by atoms with van der Waals surface area (Å²) in [7, 11) is 3.02. The fourth-order valence-electron chi connectivity index (χ4n) is 2.70. The van der Waals surface area contributed by atoms with E-state index in [1.807, 2.05) is 11.9 Å². The quantitative estimate of drug-likeness (QED) is 0.669. The molecular formula is C12H20N2O3. The Balaban J connectivity index is 0.000000514. The second kappa shape index (κ2) is 4.07. The molecule has 5 heteroatoms. The van der Waals surface area contributed by atoms with Gasteiger partial charge in [0.1, 0.15) is 11.8 Å². The summed E-state index contributed by atoms with van der Waals surface area (Å²) in [5.41, 5.74) is -0.634. The molecule has 0 radical (unpaired) electrons. The summed E-state index contributed by atoms with van der Waals surface area (Å²) >= 11 is 0. The number of hydrogen-bond acceptors (Lipinski definition) is 4. The van der Waals surface area contributed by atoms with Crippen LogP contribution in [0.3, 0.4) is 0 Å². The van der Waals surface area contributed by atoms with Crippen LogP contribution in [-0.4, -0.2) is 65.4 Å². The molecule has 0 aromatic rings. The smallest absolute Gasteiger partial charge is 0.243 e. The van der Waals surface area contributed by atoms with Crippen LogP contribution >= 0.6 is 0 Å². The maximum atomic E-state index is 12.3. The van der Waals surface area contributed by atoms with Crippen molar-refractivity contribution in [1.82, 2.24) is 9.80 Å². The van der Waals surface area contributed by atoms with E-state index >= 15 is 0 Å². The molecule has 3 rings (SSSR count). The normalized spacial score (nSPS) is 28.4. The van der Waals surface area contributed by atoms with Crippen LogP contribution in [0, 0.1) is 0 Å². The van der Waals surface area contributed by atoms with Crippen LogP contribution in [-0.2, 0) is 9.59 Å². The molecule has 1 N–H and O–H groups in total. The van der Waals surface area contributed by atoms with Gasteiger partial charge in [-0.05, 0) is 32.7 Å². The van der Waals surface area contributed by atoms with Gasteiger partial charge < -0.3 is 14.8 Å². The topological polar surface area (TPSA) is 60.9 Å². The van der Waals surface area contributed by atoms with Crippen molar-refractivity contribution >= 4 is 12.2 Å². The van der Waals surface area contributed by atoms with E-state index in [2.05, 4.69) is 4.90 Å². The number of amides is 1. The van der Waals surface area contributed by atoms with Gasteiger partial charge >= 0.3 is 0 Å². The lowest BCUT2D eigenvalue weighted by Gasteiger charge is -2.41. The van der Waals surface area contributed by atoms with E-state index in [4.69, 9.17) is 5.11 Å². The first-order chi connectivity index (χ1) is 8.15. The minimum absolute atomic E-state index is 0.195. The van der Waals surface area contributed by atoms with Gasteiger partial charge in [-0.1, -0.05) is 0 Å². The minimum atomic E-state index is -0.409. The van der Waals surface area contributed by atoms with Crippen molar-refractivity contribution in [3.8, 4) is 0 Å². The molecule has 96 valence electrons. The molecule has 0 atom stereocenters. The molecule has 3 fully saturated rings. The number of carbonyl (C=O) groups is 2. The standard InChI is InChI=1S/C11H16N2O2.CH4O/c1-12-6-7-13(10(8-14)2-3-10)9(15)11(12)4-5-11;1-2/h8H,2-7H2,1H3;2H,1H3. The van der Waals surface area contributed by atoms with Crippen molar-refractivity contribution in [1.29, 1.82) is 0 Å². The molecule has 0 aromatic heterocycles. The SMILES string of the molecule is CN1CCN(C2(C=O)CC2)C(=O)C12CC2.CO. The lowest BCUT2D eigenvalue weighted by atomic mass is 10.1. The maximum absolute atomic E-state index is 12.3. The third kappa shape index (κ3) is 1.68. The Morgan fingerprint density at radius 1 is 1.18 bits per heavy atom. The van der Waals surface area contributed by atoms with Crippen LogP contribution in [0.15, 0.2) is 0 Å². The number of rotatable bonds is 2. The largest absolute Gasteiger partial charge is 0.400 e. The van der Waals surface area contributed by atoms with Gasteiger partial charge in [-0.3, -0.25) is 9.69 Å². The van der Waals surface area contributed by atoms with Crippen molar-refractivity contribution in [2.45, 2.75) is 36.8 Å². The van der Waals surface area contributed by atoms with E-state index in [1.54, 1.807) is 0 Å². The molecule has 5 nitrogen and oxygen atoms in total. The molecule has 1 spiro atoms. The Hall–Kier alpha value is -0.940. The van der Waals surface area contributed by atoms with Crippen LogP contribution in [0.1, 0.15) is 25.7 Å². The van der Waals surface area contributed by atoms with Gasteiger partial charge in [0.05, 0.1) is 5.54 Å². The number of aldehydes is 1.